The van der Waals surface area contributed by atoms with Crippen molar-refractivity contribution in [1.29, 1.82) is 5.26 Å². The van der Waals surface area contributed by atoms with E-state index in [9.17, 15) is 10.2 Å². The molecule has 0 aliphatic rings. The molecular weight excluding hydrogens is 384 g/mol. The molecule has 1 aromatic heterocycles. The van der Waals surface area contributed by atoms with E-state index < -0.39 is 0 Å². The maximum atomic E-state index is 10.1. The number of aliphatic hydroxyl groups excluding tert-OH is 1. The summed E-state index contributed by atoms with van der Waals surface area (Å²) in [5.41, 5.74) is 0.991. The van der Waals surface area contributed by atoms with Gasteiger partial charge in [-0.05, 0) is 24.6 Å². The molecule has 0 aliphatic heterocycles. The molecule has 0 unspecified atom stereocenters. The minimum absolute atomic E-state index is 0.126. The normalized spacial score (nSPS) is 11.6. The highest BCUT2D eigenvalue weighted by Gasteiger charge is 2.18. The number of aliphatic hydroxyl groups is 1. The minimum Gasteiger partial charge on any atom is -0.492 e. The fraction of sp³-hybridized carbons (Fsp3) is 0.267. The Balaban J connectivity index is 2.21. The van der Waals surface area contributed by atoms with E-state index in [1.54, 1.807) is 13.0 Å². The molecule has 132 valence electrons. The predicted octanol–water partition coefficient (Wildman–Crippen LogP) is 3.43. The van der Waals surface area contributed by atoms with Gasteiger partial charge in [-0.2, -0.15) is 4.98 Å². The molecule has 0 saturated carbocycles. The van der Waals surface area contributed by atoms with Crippen LogP contribution in [0.25, 0.3) is 0 Å². The zero-order chi connectivity index (χ0) is 18.2. The van der Waals surface area contributed by atoms with E-state index in [-0.39, 0.29) is 29.2 Å². The zero-order valence-electron chi connectivity index (χ0n) is 13.1. The molecule has 1 aromatic carbocycles. The van der Waals surface area contributed by atoms with Gasteiger partial charge in [-0.15, -0.1) is 5.26 Å². The molecule has 0 saturated heterocycles. The van der Waals surface area contributed by atoms with Crippen molar-refractivity contribution < 1.29 is 14.4 Å². The molecule has 1 heterocycles. The van der Waals surface area contributed by atoms with Gasteiger partial charge in [-0.3, -0.25) is 0 Å². The number of hydrogen-bond donors (Lipinski definition) is 3. The van der Waals surface area contributed by atoms with Crippen LogP contribution in [0.1, 0.15) is 12.5 Å². The van der Waals surface area contributed by atoms with Crippen molar-refractivity contribution in [1.82, 2.24) is 9.97 Å². The van der Waals surface area contributed by atoms with Crippen molar-refractivity contribution in [3.05, 3.63) is 34.9 Å². The molecule has 2 rings (SSSR count). The Morgan fingerprint density at radius 3 is 2.92 bits per heavy atom. The summed E-state index contributed by atoms with van der Waals surface area (Å²) in [5.74, 6) is 0.537. The van der Waals surface area contributed by atoms with Gasteiger partial charge in [0, 0.05) is 16.8 Å². The Bertz CT molecular complexity index is 773. The van der Waals surface area contributed by atoms with Gasteiger partial charge in [0.25, 0.3) is 6.26 Å². The summed E-state index contributed by atoms with van der Waals surface area (Å²) in [6.07, 6.45) is 1.51. The van der Waals surface area contributed by atoms with Gasteiger partial charge in [-0.25, -0.2) is 4.98 Å². The number of hydrogen-bond acceptors (Lipinski definition) is 9. The number of nitriles is 1. The largest absolute Gasteiger partial charge is 0.492 e. The minimum atomic E-state index is -0.309. The van der Waals surface area contributed by atoms with Crippen LogP contribution in [0, 0.1) is 11.5 Å². The van der Waals surface area contributed by atoms with Crippen molar-refractivity contribution in [2.45, 2.75) is 28.8 Å². The van der Waals surface area contributed by atoms with Crippen LogP contribution in [0.15, 0.2) is 34.3 Å². The van der Waals surface area contributed by atoms with E-state index in [4.69, 9.17) is 16.9 Å². The summed E-state index contributed by atoms with van der Waals surface area (Å²) in [5, 5.41) is 31.8. The molecule has 3 N–H and O–H groups in total. The number of rotatable bonds is 8. The van der Waals surface area contributed by atoms with Crippen LogP contribution in [-0.4, -0.2) is 32.8 Å². The third-order valence-electron chi connectivity index (χ3n) is 2.90. The second kappa shape index (κ2) is 9.58. The van der Waals surface area contributed by atoms with Crippen LogP contribution < -0.4 is 5.32 Å². The first-order chi connectivity index (χ1) is 12.0. The summed E-state index contributed by atoms with van der Waals surface area (Å²) in [7, 11) is 0. The van der Waals surface area contributed by atoms with Crippen molar-refractivity contribution in [2.75, 3.05) is 11.9 Å². The fourth-order valence-corrected chi connectivity index (χ4v) is 3.19. The lowest BCUT2D eigenvalue weighted by atomic mass is 10.2. The summed E-state index contributed by atoms with van der Waals surface area (Å²) in [6.45, 7) is 1.62. The summed E-state index contributed by atoms with van der Waals surface area (Å²) < 4.78 is 4.60. The first-order valence-electron chi connectivity index (χ1n) is 7.11. The number of aromatic nitrogens is 2. The number of aromatic hydroxyl groups is 1. The predicted molar refractivity (Wildman–Crippen MR) is 97.4 cm³/mol. The molecule has 0 bridgehead atoms. The van der Waals surface area contributed by atoms with Crippen molar-refractivity contribution in [2.24, 2.45) is 0 Å². The monoisotopic (exact) mass is 398 g/mol. The number of anilines is 1. The maximum Gasteiger partial charge on any atom is 0.300 e. The highest BCUT2D eigenvalue weighted by atomic mass is 35.5. The molecule has 1 atom stereocenters. The van der Waals surface area contributed by atoms with E-state index in [0.29, 0.717) is 28.0 Å². The van der Waals surface area contributed by atoms with Crippen LogP contribution in [-0.2, 0) is 9.94 Å². The van der Waals surface area contributed by atoms with Gasteiger partial charge in [0.2, 0.25) is 5.88 Å². The Morgan fingerprint density at radius 1 is 1.44 bits per heavy atom. The third-order valence-corrected chi connectivity index (χ3v) is 4.76. The van der Waals surface area contributed by atoms with E-state index in [2.05, 4.69) is 19.5 Å². The topological polar surface area (TPSA) is 111 Å². The van der Waals surface area contributed by atoms with E-state index in [1.165, 1.54) is 18.0 Å². The molecule has 10 heteroatoms. The molecule has 0 spiro atoms. The summed E-state index contributed by atoms with van der Waals surface area (Å²) in [6, 6.07) is 7.10. The van der Waals surface area contributed by atoms with E-state index in [0.717, 1.165) is 5.56 Å². The average molecular weight is 399 g/mol. The van der Waals surface area contributed by atoms with Crippen LogP contribution in [0.3, 0.4) is 0 Å². The molecule has 0 fully saturated rings. The van der Waals surface area contributed by atoms with Gasteiger partial charge in [0.05, 0.1) is 6.61 Å². The van der Waals surface area contributed by atoms with Gasteiger partial charge >= 0.3 is 0 Å². The molecule has 0 amide bonds. The molecule has 0 radical (unpaired) electrons. The molecular formula is C15H15ClN4O3S2. The zero-order valence-corrected chi connectivity index (χ0v) is 15.5. The van der Waals surface area contributed by atoms with Crippen LogP contribution in [0.2, 0.25) is 5.02 Å². The first kappa shape index (κ1) is 19.5. The Kier molecular flexibility index (Phi) is 7.46. The highest BCUT2D eigenvalue weighted by molar-refractivity contribution is 7.98. The van der Waals surface area contributed by atoms with Crippen LogP contribution >= 0.6 is 35.4 Å². The molecule has 25 heavy (non-hydrogen) atoms. The van der Waals surface area contributed by atoms with Crippen LogP contribution in [0.5, 0.6) is 5.88 Å². The Morgan fingerprint density at radius 2 is 2.24 bits per heavy atom. The Hall–Kier alpha value is -1.86. The van der Waals surface area contributed by atoms with E-state index >= 15 is 0 Å². The number of thioether (sulfide) groups is 1. The highest BCUT2D eigenvalue weighted by Crippen LogP contribution is 2.36. The first-order valence-corrected chi connectivity index (χ1v) is 9.22. The maximum absolute atomic E-state index is 10.1. The van der Waals surface area contributed by atoms with Crippen molar-refractivity contribution in [3.63, 3.8) is 0 Å². The lowest BCUT2D eigenvalue weighted by Gasteiger charge is -2.15. The van der Waals surface area contributed by atoms with Gasteiger partial charge in [-0.1, -0.05) is 35.5 Å². The van der Waals surface area contributed by atoms with Gasteiger partial charge in [0.1, 0.15) is 12.0 Å². The van der Waals surface area contributed by atoms with Gasteiger partial charge < -0.3 is 19.7 Å². The number of nitrogens with zero attached hydrogens (tertiary/aromatic N) is 3. The Labute approximate surface area is 158 Å². The van der Waals surface area contributed by atoms with E-state index in [1.807, 2.05) is 18.2 Å². The lowest BCUT2D eigenvalue weighted by Crippen LogP contribution is -2.21. The smallest absolute Gasteiger partial charge is 0.300 e. The summed E-state index contributed by atoms with van der Waals surface area (Å²) >= 11 is 7.93. The third kappa shape index (κ3) is 5.86. The number of halogens is 1. The number of nitrogens with one attached hydrogen (secondary N) is 1. The lowest BCUT2D eigenvalue weighted by molar-refractivity contribution is 0.281. The quantitative estimate of drug-likeness (QED) is 0.266. The fourth-order valence-electron chi connectivity index (χ4n) is 1.77. The van der Waals surface area contributed by atoms with Crippen molar-refractivity contribution >= 4 is 41.2 Å². The second-order valence-electron chi connectivity index (χ2n) is 4.91. The molecule has 2 aromatic rings. The van der Waals surface area contributed by atoms with Crippen molar-refractivity contribution in [3.8, 4) is 12.1 Å². The number of benzene rings is 1. The molecule has 7 nitrogen and oxygen atoms in total. The van der Waals surface area contributed by atoms with Gasteiger partial charge in [0.15, 0.2) is 15.9 Å². The SMILES string of the molecule is C[C@H](CO)Nc1nc(SCc2cccc(Cl)c2)nc(O)c1SOC#N. The van der Waals surface area contributed by atoms with Crippen LogP contribution in [0.4, 0.5) is 5.82 Å². The second-order valence-corrected chi connectivity index (χ2v) is 7.03. The average Bonchev–Trinajstić information content (AvgIpc) is 2.59. The molecule has 0 aliphatic carbocycles. The standard InChI is InChI=1S/C15H15ClN4O3S2/c1-9(6-21)18-13-12(25-23-8-17)14(22)20-15(19-13)24-7-10-3-2-4-11(16)5-10/h2-5,9,21H,6-7H2,1H3,(H2,18,19,20,22)/t9-/m1/s1. The summed E-state index contributed by atoms with van der Waals surface area (Å²) in [4.78, 5) is 8.53.